The fourth-order valence-corrected chi connectivity index (χ4v) is 5.93. The summed E-state index contributed by atoms with van der Waals surface area (Å²) in [5, 5.41) is 5.73. The van der Waals surface area contributed by atoms with Crippen LogP contribution in [0, 0.1) is 6.92 Å². The summed E-state index contributed by atoms with van der Waals surface area (Å²) in [6.07, 6.45) is 6.90. The molecule has 0 spiro atoms. The van der Waals surface area contributed by atoms with Crippen molar-refractivity contribution < 1.29 is 0 Å². The van der Waals surface area contributed by atoms with Crippen molar-refractivity contribution >= 4 is 23.1 Å². The van der Waals surface area contributed by atoms with Gasteiger partial charge >= 0.3 is 0 Å². The number of nitrogens with zero attached hydrogens (tertiary/aromatic N) is 5. The third kappa shape index (κ3) is 4.43. The number of hydrogen-bond acceptors (Lipinski definition) is 4. The molecule has 2 aromatic heterocycles. The van der Waals surface area contributed by atoms with Gasteiger partial charge in [0, 0.05) is 54.4 Å². The standard InChI is InChI=1S/C29H32ClN5/c1-21-28(23-12-14-24(30)15-13-23)29-31-26(22-8-4-2-5-9-22)20-27(35(29)32-21)34-18-16-33(17-19-34)25-10-6-3-7-11-25/h2,4-5,8-9,12-15,20,25H,3,6-7,10-11,16-19H2,1H3. The summed E-state index contributed by atoms with van der Waals surface area (Å²) in [7, 11) is 0. The maximum Gasteiger partial charge on any atom is 0.166 e. The van der Waals surface area contributed by atoms with E-state index in [1.54, 1.807) is 0 Å². The summed E-state index contributed by atoms with van der Waals surface area (Å²) in [5.74, 6) is 1.13. The van der Waals surface area contributed by atoms with Gasteiger partial charge in [-0.3, -0.25) is 4.90 Å². The summed E-state index contributed by atoms with van der Waals surface area (Å²) >= 11 is 6.18. The number of halogens is 1. The van der Waals surface area contributed by atoms with Gasteiger partial charge in [0.2, 0.25) is 0 Å². The zero-order valence-corrected chi connectivity index (χ0v) is 21.1. The van der Waals surface area contributed by atoms with E-state index in [0.29, 0.717) is 0 Å². The second-order valence-electron chi connectivity index (χ2n) is 9.88. The minimum Gasteiger partial charge on any atom is -0.354 e. The van der Waals surface area contributed by atoms with E-state index in [9.17, 15) is 0 Å². The van der Waals surface area contributed by atoms with Crippen molar-refractivity contribution in [3.05, 3.63) is 71.4 Å². The Balaban J connectivity index is 1.41. The Morgan fingerprint density at radius 1 is 0.829 bits per heavy atom. The normalized spacial score (nSPS) is 17.8. The lowest BCUT2D eigenvalue weighted by atomic mass is 9.94. The highest BCUT2D eigenvalue weighted by atomic mass is 35.5. The van der Waals surface area contributed by atoms with Gasteiger partial charge in [0.1, 0.15) is 5.82 Å². The zero-order chi connectivity index (χ0) is 23.8. The fraction of sp³-hybridized carbons (Fsp3) is 0.379. The molecule has 0 radical (unpaired) electrons. The highest BCUT2D eigenvalue weighted by Gasteiger charge is 2.27. The van der Waals surface area contributed by atoms with Crippen molar-refractivity contribution in [3.8, 4) is 22.4 Å². The maximum atomic E-state index is 6.18. The average molecular weight is 486 g/mol. The van der Waals surface area contributed by atoms with E-state index >= 15 is 0 Å². The van der Waals surface area contributed by atoms with Crippen LogP contribution in [0.4, 0.5) is 5.82 Å². The number of fused-ring (bicyclic) bond motifs is 1. The molecule has 180 valence electrons. The average Bonchev–Trinajstić information content (AvgIpc) is 3.25. The number of benzene rings is 2. The molecule has 3 heterocycles. The predicted molar refractivity (Wildman–Crippen MR) is 144 cm³/mol. The lowest BCUT2D eigenvalue weighted by Crippen LogP contribution is -2.51. The molecular formula is C29H32ClN5. The lowest BCUT2D eigenvalue weighted by Gasteiger charge is -2.41. The number of rotatable bonds is 4. The van der Waals surface area contributed by atoms with E-state index in [1.807, 2.05) is 12.1 Å². The van der Waals surface area contributed by atoms with E-state index in [1.165, 1.54) is 32.1 Å². The van der Waals surface area contributed by atoms with E-state index in [2.05, 4.69) is 69.8 Å². The number of anilines is 1. The number of aryl methyl sites for hydroxylation is 1. The summed E-state index contributed by atoms with van der Waals surface area (Å²) in [6, 6.07) is 21.5. The van der Waals surface area contributed by atoms with Crippen LogP contribution < -0.4 is 4.90 Å². The second-order valence-corrected chi connectivity index (χ2v) is 10.3. The van der Waals surface area contributed by atoms with E-state index in [-0.39, 0.29) is 0 Å². The number of hydrogen-bond donors (Lipinski definition) is 0. The van der Waals surface area contributed by atoms with Gasteiger partial charge in [-0.1, -0.05) is 73.3 Å². The van der Waals surface area contributed by atoms with Gasteiger partial charge in [0.05, 0.1) is 11.4 Å². The molecule has 0 unspecified atom stereocenters. The molecule has 5 nitrogen and oxygen atoms in total. The van der Waals surface area contributed by atoms with Crippen LogP contribution in [0.5, 0.6) is 0 Å². The van der Waals surface area contributed by atoms with Crippen LogP contribution in [-0.2, 0) is 0 Å². The van der Waals surface area contributed by atoms with Crippen molar-refractivity contribution in [2.45, 2.75) is 45.1 Å². The van der Waals surface area contributed by atoms with Gasteiger partial charge in [0.25, 0.3) is 0 Å². The van der Waals surface area contributed by atoms with Gasteiger partial charge in [-0.15, -0.1) is 0 Å². The smallest absolute Gasteiger partial charge is 0.166 e. The second kappa shape index (κ2) is 9.63. The molecule has 35 heavy (non-hydrogen) atoms. The molecule has 4 aromatic rings. The largest absolute Gasteiger partial charge is 0.354 e. The molecule has 2 aromatic carbocycles. The van der Waals surface area contributed by atoms with Crippen LogP contribution in [0.15, 0.2) is 60.7 Å². The van der Waals surface area contributed by atoms with Crippen molar-refractivity contribution in [1.29, 1.82) is 0 Å². The molecule has 0 atom stereocenters. The van der Waals surface area contributed by atoms with Crippen molar-refractivity contribution in [2.24, 2.45) is 0 Å². The van der Waals surface area contributed by atoms with Gasteiger partial charge in [-0.25, -0.2) is 4.98 Å². The Hall–Kier alpha value is -2.89. The Kier molecular flexibility index (Phi) is 6.21. The van der Waals surface area contributed by atoms with Crippen LogP contribution in [0.25, 0.3) is 28.0 Å². The highest BCUT2D eigenvalue weighted by molar-refractivity contribution is 6.30. The third-order valence-corrected chi connectivity index (χ3v) is 7.93. The van der Waals surface area contributed by atoms with Crippen LogP contribution in [0.3, 0.4) is 0 Å². The van der Waals surface area contributed by atoms with Crippen LogP contribution >= 0.6 is 11.6 Å². The molecule has 1 saturated heterocycles. The van der Waals surface area contributed by atoms with Gasteiger partial charge in [0.15, 0.2) is 5.65 Å². The van der Waals surface area contributed by atoms with Crippen molar-refractivity contribution in [1.82, 2.24) is 19.5 Å². The molecule has 1 aliphatic carbocycles. The molecular weight excluding hydrogens is 454 g/mol. The first-order valence-corrected chi connectivity index (χ1v) is 13.3. The first-order chi connectivity index (χ1) is 17.2. The SMILES string of the molecule is Cc1nn2c(N3CCN(C4CCCCC4)CC3)cc(-c3ccccc3)nc2c1-c1ccc(Cl)cc1. The minimum atomic E-state index is 0.734. The number of piperazine rings is 1. The van der Waals surface area contributed by atoms with E-state index in [0.717, 1.165) is 76.8 Å². The van der Waals surface area contributed by atoms with Crippen LogP contribution in [0.1, 0.15) is 37.8 Å². The van der Waals surface area contributed by atoms with Crippen LogP contribution in [-0.4, -0.2) is 51.7 Å². The quantitative estimate of drug-likeness (QED) is 0.331. The molecule has 6 heteroatoms. The summed E-state index contributed by atoms with van der Waals surface area (Å²) in [5.41, 5.74) is 6.15. The molecule has 0 bridgehead atoms. The Morgan fingerprint density at radius 2 is 1.54 bits per heavy atom. The topological polar surface area (TPSA) is 36.7 Å². The third-order valence-electron chi connectivity index (χ3n) is 7.68. The molecule has 0 amide bonds. The first kappa shape index (κ1) is 22.6. The van der Waals surface area contributed by atoms with Gasteiger partial charge < -0.3 is 4.90 Å². The molecule has 2 fully saturated rings. The Labute approximate surface area is 212 Å². The summed E-state index contributed by atoms with van der Waals surface area (Å²) in [4.78, 5) is 10.4. The minimum absolute atomic E-state index is 0.734. The molecule has 2 aliphatic rings. The fourth-order valence-electron chi connectivity index (χ4n) is 5.81. The monoisotopic (exact) mass is 485 g/mol. The van der Waals surface area contributed by atoms with Gasteiger partial charge in [-0.05, 0) is 37.5 Å². The zero-order valence-electron chi connectivity index (χ0n) is 20.3. The van der Waals surface area contributed by atoms with Crippen molar-refractivity contribution in [3.63, 3.8) is 0 Å². The first-order valence-electron chi connectivity index (χ1n) is 12.9. The summed E-state index contributed by atoms with van der Waals surface area (Å²) in [6.45, 7) is 6.32. The lowest BCUT2D eigenvalue weighted by molar-refractivity contribution is 0.147. The predicted octanol–water partition coefficient (Wildman–Crippen LogP) is 6.48. The summed E-state index contributed by atoms with van der Waals surface area (Å²) < 4.78 is 2.06. The maximum absolute atomic E-state index is 6.18. The van der Waals surface area contributed by atoms with E-state index in [4.69, 9.17) is 21.7 Å². The van der Waals surface area contributed by atoms with Gasteiger partial charge in [-0.2, -0.15) is 9.61 Å². The van der Waals surface area contributed by atoms with Crippen molar-refractivity contribution in [2.75, 3.05) is 31.1 Å². The molecule has 1 aliphatic heterocycles. The highest BCUT2D eigenvalue weighted by Crippen LogP contribution is 2.34. The van der Waals surface area contributed by atoms with E-state index < -0.39 is 0 Å². The Morgan fingerprint density at radius 3 is 2.26 bits per heavy atom. The van der Waals surface area contributed by atoms with Crippen LogP contribution in [0.2, 0.25) is 5.02 Å². The molecule has 1 saturated carbocycles. The number of aromatic nitrogens is 3. The Bertz CT molecular complexity index is 1300. The molecule has 6 rings (SSSR count). The molecule has 0 N–H and O–H groups in total.